The van der Waals surface area contributed by atoms with Crippen LogP contribution in [0.5, 0.6) is 11.5 Å². The van der Waals surface area contributed by atoms with Crippen LogP contribution in [0.1, 0.15) is 5.69 Å². The highest BCUT2D eigenvalue weighted by molar-refractivity contribution is 5.67. The van der Waals surface area contributed by atoms with Gasteiger partial charge in [-0.25, -0.2) is 4.98 Å². The standard InChI is InChI=1S/C13H16N2O3/c1-15-7-9(8-16)14-13(15)11-6-10(17-2)4-5-12(11)18-3/h4-7,16H,8H2,1-3H3. The Bertz CT molecular complexity index is 549. The Labute approximate surface area is 106 Å². The van der Waals surface area contributed by atoms with Gasteiger partial charge in [0.2, 0.25) is 0 Å². The molecule has 1 aromatic heterocycles. The molecule has 5 nitrogen and oxygen atoms in total. The van der Waals surface area contributed by atoms with Crippen molar-refractivity contribution in [2.75, 3.05) is 14.2 Å². The van der Waals surface area contributed by atoms with Gasteiger partial charge in [0.05, 0.1) is 32.1 Å². The van der Waals surface area contributed by atoms with Crippen molar-refractivity contribution in [3.05, 3.63) is 30.1 Å². The summed E-state index contributed by atoms with van der Waals surface area (Å²) in [5.41, 5.74) is 1.46. The summed E-state index contributed by atoms with van der Waals surface area (Å²) < 4.78 is 12.4. The van der Waals surface area contributed by atoms with Crippen molar-refractivity contribution >= 4 is 0 Å². The molecule has 5 heteroatoms. The van der Waals surface area contributed by atoms with Gasteiger partial charge in [0.15, 0.2) is 0 Å². The SMILES string of the molecule is COc1ccc(OC)c(-c2nc(CO)cn2C)c1. The van der Waals surface area contributed by atoms with Gasteiger partial charge in [-0.2, -0.15) is 0 Å². The molecule has 0 aliphatic heterocycles. The fourth-order valence-corrected chi connectivity index (χ4v) is 1.84. The zero-order valence-electron chi connectivity index (χ0n) is 10.7. The number of imidazole rings is 1. The van der Waals surface area contributed by atoms with Crippen molar-refractivity contribution in [1.82, 2.24) is 9.55 Å². The number of aromatic nitrogens is 2. The van der Waals surface area contributed by atoms with Crippen molar-refractivity contribution in [3.8, 4) is 22.9 Å². The van der Waals surface area contributed by atoms with Gasteiger partial charge in [-0.3, -0.25) is 0 Å². The minimum Gasteiger partial charge on any atom is -0.497 e. The maximum atomic E-state index is 9.12. The van der Waals surface area contributed by atoms with Crippen molar-refractivity contribution in [2.45, 2.75) is 6.61 Å². The van der Waals surface area contributed by atoms with E-state index in [1.54, 1.807) is 20.4 Å². The first kappa shape index (κ1) is 12.4. The van der Waals surface area contributed by atoms with E-state index in [0.29, 0.717) is 11.4 Å². The lowest BCUT2D eigenvalue weighted by atomic mass is 10.1. The third-order valence-electron chi connectivity index (χ3n) is 2.74. The van der Waals surface area contributed by atoms with Gasteiger partial charge < -0.3 is 19.1 Å². The quantitative estimate of drug-likeness (QED) is 0.892. The predicted molar refractivity (Wildman–Crippen MR) is 67.7 cm³/mol. The topological polar surface area (TPSA) is 56.5 Å². The zero-order valence-corrected chi connectivity index (χ0v) is 10.7. The van der Waals surface area contributed by atoms with Crippen LogP contribution in [0.25, 0.3) is 11.4 Å². The Hall–Kier alpha value is -2.01. The van der Waals surface area contributed by atoms with E-state index >= 15 is 0 Å². The van der Waals surface area contributed by atoms with Crippen LogP contribution in [-0.2, 0) is 13.7 Å². The first-order chi connectivity index (χ1) is 8.69. The van der Waals surface area contributed by atoms with Crippen molar-refractivity contribution in [1.29, 1.82) is 0 Å². The summed E-state index contributed by atoms with van der Waals surface area (Å²) in [4.78, 5) is 4.36. The molecule has 0 bridgehead atoms. The zero-order chi connectivity index (χ0) is 13.1. The normalized spacial score (nSPS) is 10.4. The van der Waals surface area contributed by atoms with Crippen LogP contribution in [-0.4, -0.2) is 28.9 Å². The first-order valence-electron chi connectivity index (χ1n) is 5.55. The third-order valence-corrected chi connectivity index (χ3v) is 2.74. The van der Waals surface area contributed by atoms with Gasteiger partial charge in [0, 0.05) is 13.2 Å². The van der Waals surface area contributed by atoms with Crippen LogP contribution < -0.4 is 9.47 Å². The van der Waals surface area contributed by atoms with E-state index in [1.165, 1.54) is 0 Å². The highest BCUT2D eigenvalue weighted by Crippen LogP contribution is 2.32. The molecule has 0 amide bonds. The maximum Gasteiger partial charge on any atom is 0.143 e. The molecule has 0 saturated carbocycles. The molecule has 0 spiro atoms. The number of aliphatic hydroxyl groups is 1. The smallest absolute Gasteiger partial charge is 0.143 e. The van der Waals surface area contributed by atoms with E-state index < -0.39 is 0 Å². The van der Waals surface area contributed by atoms with Crippen LogP contribution in [0.3, 0.4) is 0 Å². The van der Waals surface area contributed by atoms with Crippen molar-refractivity contribution in [3.63, 3.8) is 0 Å². The minimum atomic E-state index is -0.0832. The number of rotatable bonds is 4. The minimum absolute atomic E-state index is 0.0832. The van der Waals surface area contributed by atoms with Gasteiger partial charge in [-0.1, -0.05) is 0 Å². The highest BCUT2D eigenvalue weighted by atomic mass is 16.5. The van der Waals surface area contributed by atoms with Crippen LogP contribution in [0.4, 0.5) is 0 Å². The van der Waals surface area contributed by atoms with Crippen LogP contribution >= 0.6 is 0 Å². The molecule has 1 heterocycles. The molecule has 0 radical (unpaired) electrons. The monoisotopic (exact) mass is 248 g/mol. The number of hydrogen-bond donors (Lipinski definition) is 1. The highest BCUT2D eigenvalue weighted by Gasteiger charge is 2.13. The Morgan fingerprint density at radius 3 is 2.61 bits per heavy atom. The van der Waals surface area contributed by atoms with E-state index in [0.717, 1.165) is 17.1 Å². The predicted octanol–water partition coefficient (Wildman–Crippen LogP) is 1.60. The molecular formula is C13H16N2O3. The van der Waals surface area contributed by atoms with E-state index in [-0.39, 0.29) is 6.61 Å². The second-order valence-corrected chi connectivity index (χ2v) is 3.89. The molecule has 0 aliphatic carbocycles. The lowest BCUT2D eigenvalue weighted by molar-refractivity contribution is 0.277. The second kappa shape index (κ2) is 5.10. The van der Waals surface area contributed by atoms with E-state index in [9.17, 15) is 0 Å². The molecule has 0 atom stereocenters. The summed E-state index contributed by atoms with van der Waals surface area (Å²) in [5.74, 6) is 2.18. The molecule has 1 aromatic carbocycles. The summed E-state index contributed by atoms with van der Waals surface area (Å²) in [6.45, 7) is -0.0832. The molecule has 0 saturated heterocycles. The van der Waals surface area contributed by atoms with Crippen LogP contribution in [0, 0.1) is 0 Å². The third kappa shape index (κ3) is 2.17. The molecule has 96 valence electrons. The van der Waals surface area contributed by atoms with Gasteiger partial charge in [0.25, 0.3) is 0 Å². The van der Waals surface area contributed by atoms with Gasteiger partial charge in [-0.15, -0.1) is 0 Å². The fourth-order valence-electron chi connectivity index (χ4n) is 1.84. The molecule has 2 aromatic rings. The first-order valence-corrected chi connectivity index (χ1v) is 5.55. The number of nitrogens with zero attached hydrogens (tertiary/aromatic N) is 2. The maximum absolute atomic E-state index is 9.12. The number of benzene rings is 1. The molecule has 18 heavy (non-hydrogen) atoms. The average molecular weight is 248 g/mol. The Morgan fingerprint density at radius 2 is 2.06 bits per heavy atom. The van der Waals surface area contributed by atoms with E-state index in [2.05, 4.69) is 4.98 Å². The lowest BCUT2D eigenvalue weighted by Gasteiger charge is -2.10. The summed E-state index contributed by atoms with van der Waals surface area (Å²) in [5, 5.41) is 9.12. The number of hydrogen-bond acceptors (Lipinski definition) is 4. The molecule has 0 aliphatic rings. The molecule has 0 fully saturated rings. The van der Waals surface area contributed by atoms with Crippen LogP contribution in [0.15, 0.2) is 24.4 Å². The fraction of sp³-hybridized carbons (Fsp3) is 0.308. The van der Waals surface area contributed by atoms with E-state index in [1.807, 2.05) is 29.8 Å². The Morgan fingerprint density at radius 1 is 1.28 bits per heavy atom. The Balaban J connectivity index is 2.56. The van der Waals surface area contributed by atoms with Crippen molar-refractivity contribution in [2.24, 2.45) is 7.05 Å². The number of methoxy groups -OCH3 is 2. The lowest BCUT2D eigenvalue weighted by Crippen LogP contribution is -1.95. The van der Waals surface area contributed by atoms with Gasteiger partial charge in [0.1, 0.15) is 17.3 Å². The number of aryl methyl sites for hydroxylation is 1. The number of ether oxygens (including phenoxy) is 2. The average Bonchev–Trinajstić information content (AvgIpc) is 2.79. The summed E-state index contributed by atoms with van der Waals surface area (Å²) in [6, 6.07) is 5.53. The van der Waals surface area contributed by atoms with Crippen molar-refractivity contribution < 1.29 is 14.6 Å². The Kier molecular flexibility index (Phi) is 3.53. The van der Waals surface area contributed by atoms with Gasteiger partial charge in [-0.05, 0) is 18.2 Å². The van der Waals surface area contributed by atoms with E-state index in [4.69, 9.17) is 14.6 Å². The largest absolute Gasteiger partial charge is 0.497 e. The summed E-state index contributed by atoms with van der Waals surface area (Å²) in [7, 11) is 5.10. The molecule has 2 rings (SSSR count). The number of aliphatic hydroxyl groups excluding tert-OH is 1. The van der Waals surface area contributed by atoms with Gasteiger partial charge >= 0.3 is 0 Å². The molecule has 0 unspecified atom stereocenters. The molecule has 1 N–H and O–H groups in total. The summed E-state index contributed by atoms with van der Waals surface area (Å²) in [6.07, 6.45) is 1.79. The molecular weight excluding hydrogens is 232 g/mol. The summed E-state index contributed by atoms with van der Waals surface area (Å²) >= 11 is 0. The van der Waals surface area contributed by atoms with Crippen LogP contribution in [0.2, 0.25) is 0 Å². The second-order valence-electron chi connectivity index (χ2n) is 3.89.